The second-order valence-electron chi connectivity index (χ2n) is 5.78. The summed E-state index contributed by atoms with van der Waals surface area (Å²) in [5.74, 6) is -0.137. The quantitative estimate of drug-likeness (QED) is 0.854. The van der Waals surface area contributed by atoms with E-state index in [2.05, 4.69) is 24.1 Å². The number of hydrogen-bond donors (Lipinski definition) is 2. The third-order valence-corrected chi connectivity index (χ3v) is 4.14. The Morgan fingerprint density at radius 3 is 2.80 bits per heavy atom. The molecule has 1 amide bonds. The molecule has 0 radical (unpaired) electrons. The van der Waals surface area contributed by atoms with Crippen LogP contribution in [0.4, 0.5) is 0 Å². The maximum absolute atomic E-state index is 12.2. The van der Waals surface area contributed by atoms with Gasteiger partial charge in [0.25, 0.3) is 5.91 Å². The molecule has 3 N–H and O–H groups in total. The van der Waals surface area contributed by atoms with Crippen LogP contribution in [0.3, 0.4) is 0 Å². The monoisotopic (exact) mass is 277 g/mol. The minimum absolute atomic E-state index is 0.0388. The van der Waals surface area contributed by atoms with E-state index in [1.54, 1.807) is 12.3 Å². The van der Waals surface area contributed by atoms with Gasteiger partial charge in [0.2, 0.25) is 0 Å². The molecule has 1 aliphatic rings. The summed E-state index contributed by atoms with van der Waals surface area (Å²) in [6.45, 7) is 7.36. The van der Waals surface area contributed by atoms with Gasteiger partial charge < -0.3 is 15.8 Å². The average Bonchev–Trinajstić information content (AvgIpc) is 2.46. The molecule has 0 aromatic carbocycles. The number of hydrogen-bond acceptors (Lipinski definition) is 4. The van der Waals surface area contributed by atoms with Gasteiger partial charge in [-0.3, -0.25) is 9.78 Å². The molecular weight excluding hydrogens is 254 g/mol. The molecule has 1 aliphatic carbocycles. The third-order valence-electron chi connectivity index (χ3n) is 4.14. The molecule has 110 valence electrons. The summed E-state index contributed by atoms with van der Waals surface area (Å²) in [5.41, 5.74) is 6.82. The van der Waals surface area contributed by atoms with Crippen LogP contribution in [0, 0.1) is 5.41 Å². The smallest absolute Gasteiger partial charge is 0.270 e. The minimum atomic E-state index is -0.137. The molecule has 2 atom stereocenters. The van der Waals surface area contributed by atoms with Crippen LogP contribution < -0.4 is 11.1 Å². The Kier molecular flexibility index (Phi) is 4.40. The molecule has 5 heteroatoms. The number of nitrogens with two attached hydrogens (primary N) is 1. The van der Waals surface area contributed by atoms with Crippen molar-refractivity contribution >= 4 is 5.91 Å². The molecule has 0 aliphatic heterocycles. The number of carbonyl (C=O) groups excluding carboxylic acids is 1. The van der Waals surface area contributed by atoms with Gasteiger partial charge in [0, 0.05) is 30.8 Å². The van der Waals surface area contributed by atoms with Gasteiger partial charge in [0.05, 0.1) is 6.10 Å². The third kappa shape index (κ3) is 2.83. The van der Waals surface area contributed by atoms with Gasteiger partial charge in [-0.05, 0) is 25.0 Å². The first-order chi connectivity index (χ1) is 9.48. The van der Waals surface area contributed by atoms with Gasteiger partial charge >= 0.3 is 0 Å². The van der Waals surface area contributed by atoms with Gasteiger partial charge in [-0.2, -0.15) is 0 Å². The number of amides is 1. The summed E-state index contributed by atoms with van der Waals surface area (Å²) in [6.07, 6.45) is 2.71. The summed E-state index contributed by atoms with van der Waals surface area (Å²) in [4.78, 5) is 16.3. The van der Waals surface area contributed by atoms with Crippen molar-refractivity contribution in [3.05, 3.63) is 29.6 Å². The highest BCUT2D eigenvalue weighted by molar-refractivity contribution is 5.92. The SMILES string of the molecule is CCOC1CC(NC(=O)c2ccc(CN)cn2)C1(C)C. The predicted molar refractivity (Wildman–Crippen MR) is 77.2 cm³/mol. The predicted octanol–water partition coefficient (Wildman–Crippen LogP) is 1.47. The zero-order chi connectivity index (χ0) is 14.8. The van der Waals surface area contributed by atoms with Crippen molar-refractivity contribution in [2.24, 2.45) is 11.1 Å². The van der Waals surface area contributed by atoms with Crippen LogP contribution in [0.25, 0.3) is 0 Å². The number of nitrogens with zero attached hydrogens (tertiary/aromatic N) is 1. The van der Waals surface area contributed by atoms with Crippen molar-refractivity contribution in [1.29, 1.82) is 0 Å². The van der Waals surface area contributed by atoms with Gasteiger partial charge in [-0.1, -0.05) is 19.9 Å². The fourth-order valence-corrected chi connectivity index (χ4v) is 2.53. The molecule has 20 heavy (non-hydrogen) atoms. The van der Waals surface area contributed by atoms with Crippen molar-refractivity contribution in [2.75, 3.05) is 6.61 Å². The largest absolute Gasteiger partial charge is 0.378 e. The molecule has 1 heterocycles. The highest BCUT2D eigenvalue weighted by Crippen LogP contribution is 2.42. The van der Waals surface area contributed by atoms with Gasteiger partial charge in [0.15, 0.2) is 0 Å². The molecule has 2 unspecified atom stereocenters. The zero-order valence-corrected chi connectivity index (χ0v) is 12.3. The Balaban J connectivity index is 1.95. The van der Waals surface area contributed by atoms with Crippen LogP contribution >= 0.6 is 0 Å². The van der Waals surface area contributed by atoms with Crippen LogP contribution in [0.1, 0.15) is 43.2 Å². The Hall–Kier alpha value is -1.46. The lowest BCUT2D eigenvalue weighted by atomic mass is 9.64. The number of aromatic nitrogens is 1. The summed E-state index contributed by atoms with van der Waals surface area (Å²) in [5, 5.41) is 3.04. The van der Waals surface area contributed by atoms with E-state index < -0.39 is 0 Å². The zero-order valence-electron chi connectivity index (χ0n) is 12.3. The van der Waals surface area contributed by atoms with E-state index in [1.165, 1.54) is 0 Å². The normalized spacial score (nSPS) is 24.0. The van der Waals surface area contributed by atoms with E-state index in [4.69, 9.17) is 10.5 Å². The summed E-state index contributed by atoms with van der Waals surface area (Å²) in [6, 6.07) is 3.67. The number of ether oxygens (including phenoxy) is 1. The topological polar surface area (TPSA) is 77.2 Å². The molecule has 5 nitrogen and oxygen atoms in total. The summed E-state index contributed by atoms with van der Waals surface area (Å²) in [7, 11) is 0. The second-order valence-corrected chi connectivity index (χ2v) is 5.78. The van der Waals surface area contributed by atoms with Crippen molar-refractivity contribution in [1.82, 2.24) is 10.3 Å². The van der Waals surface area contributed by atoms with Gasteiger partial charge in [-0.15, -0.1) is 0 Å². The first-order valence-electron chi connectivity index (χ1n) is 7.06. The van der Waals surface area contributed by atoms with Crippen molar-refractivity contribution in [2.45, 2.75) is 45.9 Å². The highest BCUT2D eigenvalue weighted by Gasteiger charge is 2.49. The molecule has 0 bridgehead atoms. The maximum Gasteiger partial charge on any atom is 0.270 e. The van der Waals surface area contributed by atoms with Crippen LogP contribution in [0.15, 0.2) is 18.3 Å². The minimum Gasteiger partial charge on any atom is -0.378 e. The molecule has 1 aromatic rings. The van der Waals surface area contributed by atoms with Gasteiger partial charge in [-0.25, -0.2) is 0 Å². The number of pyridine rings is 1. The Morgan fingerprint density at radius 2 is 2.30 bits per heavy atom. The number of rotatable bonds is 5. The van der Waals surface area contributed by atoms with Crippen LogP contribution in [-0.4, -0.2) is 29.6 Å². The van der Waals surface area contributed by atoms with Crippen molar-refractivity contribution in [3.63, 3.8) is 0 Å². The van der Waals surface area contributed by atoms with E-state index >= 15 is 0 Å². The van der Waals surface area contributed by atoms with E-state index in [1.807, 2.05) is 13.0 Å². The lowest BCUT2D eigenvalue weighted by Gasteiger charge is -2.51. The fraction of sp³-hybridized carbons (Fsp3) is 0.600. The average molecular weight is 277 g/mol. The Morgan fingerprint density at radius 1 is 1.55 bits per heavy atom. The first kappa shape index (κ1) is 14.9. The summed E-state index contributed by atoms with van der Waals surface area (Å²) < 4.78 is 5.66. The molecule has 0 saturated heterocycles. The molecular formula is C15H23N3O2. The lowest BCUT2D eigenvalue weighted by molar-refractivity contribution is -0.111. The van der Waals surface area contributed by atoms with Crippen LogP contribution in [-0.2, 0) is 11.3 Å². The first-order valence-corrected chi connectivity index (χ1v) is 7.06. The van der Waals surface area contributed by atoms with E-state index in [9.17, 15) is 4.79 Å². The molecule has 1 saturated carbocycles. The molecule has 0 spiro atoms. The number of nitrogens with one attached hydrogen (secondary N) is 1. The highest BCUT2D eigenvalue weighted by atomic mass is 16.5. The molecule has 1 aromatic heterocycles. The van der Waals surface area contributed by atoms with E-state index in [0.29, 0.717) is 18.8 Å². The molecule has 1 fully saturated rings. The van der Waals surface area contributed by atoms with Crippen molar-refractivity contribution in [3.8, 4) is 0 Å². The Bertz CT molecular complexity index is 471. The van der Waals surface area contributed by atoms with Crippen molar-refractivity contribution < 1.29 is 9.53 Å². The second kappa shape index (κ2) is 5.89. The van der Waals surface area contributed by atoms with E-state index in [0.717, 1.165) is 12.0 Å². The fourth-order valence-electron chi connectivity index (χ4n) is 2.53. The van der Waals surface area contributed by atoms with E-state index in [-0.39, 0.29) is 23.5 Å². The standard InChI is InChI=1S/C15H23N3O2/c1-4-20-13-7-12(15(13,2)3)18-14(19)11-6-5-10(8-16)9-17-11/h5-6,9,12-13H,4,7-8,16H2,1-3H3,(H,18,19). The maximum atomic E-state index is 12.2. The Labute approximate surface area is 119 Å². The van der Waals surface area contributed by atoms with Crippen LogP contribution in [0.2, 0.25) is 0 Å². The summed E-state index contributed by atoms with van der Waals surface area (Å²) >= 11 is 0. The molecule has 2 rings (SSSR count). The lowest BCUT2D eigenvalue weighted by Crippen LogP contribution is -2.62. The van der Waals surface area contributed by atoms with Gasteiger partial charge in [0.1, 0.15) is 5.69 Å². The number of carbonyl (C=O) groups is 1. The van der Waals surface area contributed by atoms with Crippen LogP contribution in [0.5, 0.6) is 0 Å².